The molecule has 0 aromatic heterocycles. The van der Waals surface area contributed by atoms with Crippen LogP contribution in [0.5, 0.6) is 0 Å². The van der Waals surface area contributed by atoms with Gasteiger partial charge < -0.3 is 14.8 Å². The SMILES string of the molecule is CC(C)COC(=O)c1ccc(NC(=O)COC(=O)CN2C(=O)[C@@H]3C4c5ccccc5C(c5ccccc54)[C@@H]3C2=O)cc1. The van der Waals surface area contributed by atoms with E-state index in [-0.39, 0.29) is 17.8 Å². The average Bonchev–Trinajstić information content (AvgIpc) is 3.24. The second-order valence-electron chi connectivity index (χ2n) is 11.3. The van der Waals surface area contributed by atoms with Gasteiger partial charge in [0.1, 0.15) is 6.54 Å². The van der Waals surface area contributed by atoms with Crippen molar-refractivity contribution in [2.75, 3.05) is 25.1 Å². The topological polar surface area (TPSA) is 119 Å². The maximum Gasteiger partial charge on any atom is 0.338 e. The van der Waals surface area contributed by atoms with Crippen LogP contribution in [0.4, 0.5) is 5.69 Å². The molecule has 1 saturated heterocycles. The number of nitrogens with one attached hydrogen (secondary N) is 1. The van der Waals surface area contributed by atoms with Gasteiger partial charge >= 0.3 is 11.9 Å². The molecular formula is C33H30N2O7. The van der Waals surface area contributed by atoms with Gasteiger partial charge in [-0.1, -0.05) is 62.4 Å². The summed E-state index contributed by atoms with van der Waals surface area (Å²) in [7, 11) is 0. The summed E-state index contributed by atoms with van der Waals surface area (Å²) in [5.41, 5.74) is 4.94. The third kappa shape index (κ3) is 4.74. The number of hydrogen-bond acceptors (Lipinski definition) is 7. The molecule has 3 aliphatic carbocycles. The highest BCUT2D eigenvalue weighted by atomic mass is 16.5. The minimum atomic E-state index is -0.851. The third-order valence-electron chi connectivity index (χ3n) is 8.14. The van der Waals surface area contributed by atoms with Gasteiger partial charge in [-0.2, -0.15) is 0 Å². The average molecular weight is 567 g/mol. The van der Waals surface area contributed by atoms with Crippen molar-refractivity contribution in [3.63, 3.8) is 0 Å². The second-order valence-corrected chi connectivity index (χ2v) is 11.3. The first-order valence-electron chi connectivity index (χ1n) is 14.0. The summed E-state index contributed by atoms with van der Waals surface area (Å²) in [6, 6.07) is 21.9. The molecule has 0 saturated carbocycles. The van der Waals surface area contributed by atoms with Crippen molar-refractivity contribution in [3.05, 3.63) is 101 Å². The molecule has 9 nitrogen and oxygen atoms in total. The predicted octanol–water partition coefficient (Wildman–Crippen LogP) is 3.87. The number of hydrogen-bond donors (Lipinski definition) is 1. The van der Waals surface area contributed by atoms with E-state index in [0.29, 0.717) is 17.9 Å². The highest BCUT2D eigenvalue weighted by Gasteiger charge is 2.61. The fourth-order valence-electron chi connectivity index (χ4n) is 6.43. The zero-order chi connectivity index (χ0) is 29.5. The first-order chi connectivity index (χ1) is 20.2. The quantitative estimate of drug-likeness (QED) is 0.325. The zero-order valence-electron chi connectivity index (χ0n) is 23.2. The Bertz CT molecular complexity index is 1480. The van der Waals surface area contributed by atoms with Crippen LogP contribution in [0.3, 0.4) is 0 Å². The molecule has 7 rings (SSSR count). The highest BCUT2D eigenvalue weighted by molar-refractivity contribution is 6.09. The molecule has 0 spiro atoms. The standard InChI is InChI=1S/C33H30N2O7/c1-18(2)16-42-33(40)19-11-13-20(14-12-19)34-25(36)17-41-26(37)15-35-31(38)29-27-21-7-3-4-8-22(21)28(30(29)32(35)39)24-10-6-5-9-23(24)27/h3-14,18,27-30H,15-17H2,1-2H3,(H,34,36)/t27?,28?,29-,30+. The molecule has 1 fully saturated rings. The molecule has 0 radical (unpaired) electrons. The van der Waals surface area contributed by atoms with Crippen molar-refractivity contribution in [1.29, 1.82) is 0 Å². The Morgan fingerprint density at radius 2 is 1.26 bits per heavy atom. The Balaban J connectivity index is 1.08. The highest BCUT2D eigenvalue weighted by Crippen LogP contribution is 2.60. The smallest absolute Gasteiger partial charge is 0.338 e. The van der Waals surface area contributed by atoms with Crippen LogP contribution in [-0.2, 0) is 28.7 Å². The van der Waals surface area contributed by atoms with Crippen molar-refractivity contribution >= 4 is 35.3 Å². The van der Waals surface area contributed by atoms with Gasteiger partial charge in [-0.05, 0) is 52.4 Å². The fourth-order valence-corrected chi connectivity index (χ4v) is 6.43. The predicted molar refractivity (Wildman–Crippen MR) is 151 cm³/mol. The lowest BCUT2D eigenvalue weighted by molar-refractivity contribution is -0.154. The Kier molecular flexibility index (Phi) is 7.10. The maximum absolute atomic E-state index is 13.6. The molecule has 1 heterocycles. The van der Waals surface area contributed by atoms with Gasteiger partial charge in [-0.25, -0.2) is 4.79 Å². The Morgan fingerprint density at radius 1 is 0.762 bits per heavy atom. The number of carbonyl (C=O) groups excluding carboxylic acids is 5. The first kappa shape index (κ1) is 27.4. The minimum absolute atomic E-state index is 0.213. The molecule has 2 atom stereocenters. The molecular weight excluding hydrogens is 536 g/mol. The van der Waals surface area contributed by atoms with E-state index in [2.05, 4.69) is 5.32 Å². The van der Waals surface area contributed by atoms with Gasteiger partial charge in [0.25, 0.3) is 5.91 Å². The molecule has 1 aliphatic heterocycles. The van der Waals surface area contributed by atoms with Gasteiger partial charge in [0.15, 0.2) is 6.61 Å². The lowest BCUT2D eigenvalue weighted by Crippen LogP contribution is -2.41. The van der Waals surface area contributed by atoms with E-state index in [0.717, 1.165) is 27.2 Å². The largest absolute Gasteiger partial charge is 0.462 e. The van der Waals surface area contributed by atoms with E-state index < -0.39 is 54.6 Å². The van der Waals surface area contributed by atoms with Crippen molar-refractivity contribution in [1.82, 2.24) is 4.90 Å². The molecule has 2 bridgehead atoms. The molecule has 42 heavy (non-hydrogen) atoms. The van der Waals surface area contributed by atoms with Crippen molar-refractivity contribution < 1.29 is 33.4 Å². The Labute approximate surface area is 242 Å². The number of imide groups is 1. The van der Waals surface area contributed by atoms with E-state index in [1.807, 2.05) is 62.4 Å². The lowest BCUT2D eigenvalue weighted by atomic mass is 9.55. The summed E-state index contributed by atoms with van der Waals surface area (Å²) in [5, 5.41) is 2.59. The number of nitrogens with zero attached hydrogens (tertiary/aromatic N) is 1. The van der Waals surface area contributed by atoms with Gasteiger partial charge in [0.2, 0.25) is 11.8 Å². The minimum Gasteiger partial charge on any atom is -0.462 e. The molecule has 3 aromatic carbocycles. The number of benzene rings is 3. The maximum atomic E-state index is 13.6. The molecule has 214 valence electrons. The van der Waals surface area contributed by atoms with Gasteiger partial charge in [-0.3, -0.25) is 24.1 Å². The molecule has 4 aliphatic rings. The molecule has 1 N–H and O–H groups in total. The summed E-state index contributed by atoms with van der Waals surface area (Å²) in [6.45, 7) is 3.03. The van der Waals surface area contributed by atoms with Crippen LogP contribution in [0.15, 0.2) is 72.8 Å². The van der Waals surface area contributed by atoms with Crippen LogP contribution >= 0.6 is 0 Å². The summed E-state index contributed by atoms with van der Waals surface area (Å²) in [5.74, 6) is -4.19. The number of anilines is 1. The van der Waals surface area contributed by atoms with E-state index in [4.69, 9.17) is 9.47 Å². The van der Waals surface area contributed by atoms with E-state index in [1.54, 1.807) is 12.1 Å². The van der Waals surface area contributed by atoms with Crippen LogP contribution in [0.1, 0.15) is 58.3 Å². The van der Waals surface area contributed by atoms with Gasteiger partial charge in [0, 0.05) is 17.5 Å². The van der Waals surface area contributed by atoms with Crippen LogP contribution < -0.4 is 5.32 Å². The first-order valence-corrected chi connectivity index (χ1v) is 14.0. The van der Waals surface area contributed by atoms with E-state index in [1.165, 1.54) is 12.1 Å². The number of likely N-dealkylation sites (tertiary alicyclic amines) is 1. The van der Waals surface area contributed by atoms with Crippen LogP contribution in [0.25, 0.3) is 0 Å². The number of rotatable bonds is 8. The Hall–Kier alpha value is -4.79. The van der Waals surface area contributed by atoms with E-state index >= 15 is 0 Å². The summed E-state index contributed by atoms with van der Waals surface area (Å²) in [6.07, 6.45) is 0. The van der Waals surface area contributed by atoms with Crippen LogP contribution in [0.2, 0.25) is 0 Å². The van der Waals surface area contributed by atoms with Crippen molar-refractivity contribution in [2.45, 2.75) is 25.7 Å². The summed E-state index contributed by atoms with van der Waals surface area (Å²) < 4.78 is 10.3. The monoisotopic (exact) mass is 566 g/mol. The van der Waals surface area contributed by atoms with Crippen molar-refractivity contribution in [3.8, 4) is 0 Å². The number of esters is 2. The summed E-state index contributed by atoms with van der Waals surface area (Å²) >= 11 is 0. The van der Waals surface area contributed by atoms with Crippen molar-refractivity contribution in [2.24, 2.45) is 17.8 Å². The third-order valence-corrected chi connectivity index (χ3v) is 8.14. The molecule has 3 amide bonds. The second kappa shape index (κ2) is 10.9. The summed E-state index contributed by atoms with van der Waals surface area (Å²) in [4.78, 5) is 65.4. The Morgan fingerprint density at radius 3 is 1.74 bits per heavy atom. The normalized spacial score (nSPS) is 21.5. The van der Waals surface area contributed by atoms with Crippen LogP contribution in [0, 0.1) is 17.8 Å². The fraction of sp³-hybridized carbons (Fsp3) is 0.303. The number of ether oxygens (including phenoxy) is 2. The molecule has 0 unspecified atom stereocenters. The zero-order valence-corrected chi connectivity index (χ0v) is 23.2. The van der Waals surface area contributed by atoms with Crippen LogP contribution in [-0.4, -0.2) is 54.3 Å². The van der Waals surface area contributed by atoms with Gasteiger partial charge in [0.05, 0.1) is 24.0 Å². The molecule has 9 heteroatoms. The molecule has 3 aromatic rings. The number of amides is 3. The lowest BCUT2D eigenvalue weighted by Gasteiger charge is -2.45. The number of carbonyl (C=O) groups is 5. The van der Waals surface area contributed by atoms with E-state index in [9.17, 15) is 24.0 Å². The van der Waals surface area contributed by atoms with Gasteiger partial charge in [-0.15, -0.1) is 0 Å².